The van der Waals surface area contributed by atoms with Crippen LogP contribution in [0.1, 0.15) is 18.4 Å². The Bertz CT molecular complexity index is 1030. The highest BCUT2D eigenvalue weighted by atomic mass is 32.2. The molecule has 0 radical (unpaired) electrons. The van der Waals surface area contributed by atoms with E-state index in [-0.39, 0.29) is 25.2 Å². The number of benzene rings is 2. The third-order valence-electron chi connectivity index (χ3n) is 5.72. The predicted molar refractivity (Wildman–Crippen MR) is 107 cm³/mol. The minimum atomic E-state index is -4.12. The Morgan fingerprint density at radius 2 is 1.63 bits per heavy atom. The average molecular weight is 435 g/mol. The van der Waals surface area contributed by atoms with Gasteiger partial charge in [-0.05, 0) is 36.6 Å². The molecule has 4 rings (SSSR count). The molecule has 2 aliphatic rings. The number of urea groups is 1. The van der Waals surface area contributed by atoms with Gasteiger partial charge in [-0.3, -0.25) is 0 Å². The second-order valence-electron chi connectivity index (χ2n) is 7.59. The van der Waals surface area contributed by atoms with Gasteiger partial charge >= 0.3 is 6.03 Å². The number of halogens is 2. The standard InChI is InChI=1S/C21H23F2N3O3S/c22-17-6-7-19(23)20(14-17)30(28,29)25-10-8-18(9-11-25)26-13-12-24(21(26)27)15-16-4-2-1-3-5-16/h1-7,14,18H,8-13,15H2. The maximum absolute atomic E-state index is 14.0. The highest BCUT2D eigenvalue weighted by Gasteiger charge is 2.38. The number of nitrogens with zero attached hydrogens (tertiary/aromatic N) is 3. The van der Waals surface area contributed by atoms with Crippen molar-refractivity contribution in [2.24, 2.45) is 0 Å². The van der Waals surface area contributed by atoms with Crippen molar-refractivity contribution in [1.29, 1.82) is 0 Å². The number of piperidine rings is 1. The van der Waals surface area contributed by atoms with Gasteiger partial charge < -0.3 is 9.80 Å². The maximum atomic E-state index is 14.0. The van der Waals surface area contributed by atoms with Crippen LogP contribution in [0.5, 0.6) is 0 Å². The van der Waals surface area contributed by atoms with Crippen LogP contribution in [0.25, 0.3) is 0 Å². The zero-order valence-electron chi connectivity index (χ0n) is 16.4. The monoisotopic (exact) mass is 435 g/mol. The van der Waals surface area contributed by atoms with Crippen LogP contribution in [0.15, 0.2) is 53.4 Å². The highest BCUT2D eigenvalue weighted by molar-refractivity contribution is 7.89. The molecular weight excluding hydrogens is 412 g/mol. The Morgan fingerprint density at radius 3 is 2.33 bits per heavy atom. The van der Waals surface area contributed by atoms with E-state index in [1.54, 1.807) is 9.80 Å². The minimum Gasteiger partial charge on any atom is -0.320 e. The molecule has 0 atom stereocenters. The average Bonchev–Trinajstić information content (AvgIpc) is 3.10. The van der Waals surface area contributed by atoms with E-state index in [2.05, 4.69) is 0 Å². The van der Waals surface area contributed by atoms with E-state index >= 15 is 0 Å². The number of hydrogen-bond donors (Lipinski definition) is 0. The van der Waals surface area contributed by atoms with Gasteiger partial charge in [0.25, 0.3) is 0 Å². The summed E-state index contributed by atoms with van der Waals surface area (Å²) in [5, 5.41) is 0. The van der Waals surface area contributed by atoms with Crippen LogP contribution in [0, 0.1) is 11.6 Å². The number of rotatable bonds is 5. The molecule has 9 heteroatoms. The van der Waals surface area contributed by atoms with E-state index in [9.17, 15) is 22.0 Å². The van der Waals surface area contributed by atoms with Crippen LogP contribution in [0.4, 0.5) is 13.6 Å². The molecule has 0 aromatic heterocycles. The van der Waals surface area contributed by atoms with Gasteiger partial charge in [-0.2, -0.15) is 4.31 Å². The fourth-order valence-corrected chi connectivity index (χ4v) is 5.64. The molecule has 6 nitrogen and oxygen atoms in total. The molecule has 0 spiro atoms. The summed E-state index contributed by atoms with van der Waals surface area (Å²) in [7, 11) is -4.12. The van der Waals surface area contributed by atoms with E-state index < -0.39 is 26.6 Å². The SMILES string of the molecule is O=C1N(Cc2ccccc2)CCN1C1CCN(S(=O)(=O)c2cc(F)ccc2F)CC1. The summed E-state index contributed by atoms with van der Waals surface area (Å²) in [5.74, 6) is -1.77. The van der Waals surface area contributed by atoms with E-state index in [0.717, 1.165) is 17.7 Å². The second-order valence-corrected chi connectivity index (χ2v) is 9.50. The molecule has 0 bridgehead atoms. The summed E-state index contributed by atoms with van der Waals surface area (Å²) in [5.41, 5.74) is 1.06. The number of amides is 2. The second kappa shape index (κ2) is 8.31. The van der Waals surface area contributed by atoms with Crippen molar-refractivity contribution in [3.8, 4) is 0 Å². The van der Waals surface area contributed by atoms with Gasteiger partial charge in [-0.1, -0.05) is 30.3 Å². The smallest absolute Gasteiger partial charge is 0.320 e. The lowest BCUT2D eigenvalue weighted by molar-refractivity contribution is 0.153. The van der Waals surface area contributed by atoms with E-state index in [1.807, 2.05) is 30.3 Å². The van der Waals surface area contributed by atoms with Crippen molar-refractivity contribution in [2.45, 2.75) is 30.3 Å². The number of carbonyl (C=O) groups is 1. The van der Waals surface area contributed by atoms with Crippen LogP contribution in [0.3, 0.4) is 0 Å². The Hall–Kier alpha value is -2.52. The first-order valence-corrected chi connectivity index (χ1v) is 11.3. The molecular formula is C21H23F2N3O3S. The number of carbonyl (C=O) groups excluding carboxylic acids is 1. The zero-order valence-corrected chi connectivity index (χ0v) is 17.2. The molecule has 30 heavy (non-hydrogen) atoms. The summed E-state index contributed by atoms with van der Waals surface area (Å²) < 4.78 is 54.1. The Kier molecular flexibility index (Phi) is 5.75. The van der Waals surface area contributed by atoms with Crippen molar-refractivity contribution in [3.63, 3.8) is 0 Å². The summed E-state index contributed by atoms with van der Waals surface area (Å²) >= 11 is 0. The van der Waals surface area contributed by atoms with Gasteiger partial charge in [-0.25, -0.2) is 22.0 Å². The minimum absolute atomic E-state index is 0.0451. The van der Waals surface area contributed by atoms with Gasteiger partial charge in [0.1, 0.15) is 16.5 Å². The number of sulfonamides is 1. The van der Waals surface area contributed by atoms with Gasteiger partial charge in [-0.15, -0.1) is 0 Å². The first-order valence-electron chi connectivity index (χ1n) is 9.91. The molecule has 2 amide bonds. The van der Waals surface area contributed by atoms with Crippen LogP contribution in [-0.4, -0.2) is 60.8 Å². The summed E-state index contributed by atoms with van der Waals surface area (Å²) in [4.78, 5) is 15.8. The first kappa shape index (κ1) is 20.7. The summed E-state index contributed by atoms with van der Waals surface area (Å²) in [6.07, 6.45) is 0.919. The normalized spacial score (nSPS) is 18.9. The van der Waals surface area contributed by atoms with Crippen molar-refractivity contribution in [3.05, 3.63) is 65.7 Å². The van der Waals surface area contributed by atoms with Crippen LogP contribution < -0.4 is 0 Å². The Labute approximate surface area is 174 Å². The molecule has 0 unspecified atom stereocenters. The summed E-state index contributed by atoms with van der Waals surface area (Å²) in [6, 6.07) is 12.1. The van der Waals surface area contributed by atoms with E-state index in [4.69, 9.17) is 0 Å². The van der Waals surface area contributed by atoms with Crippen molar-refractivity contribution in [1.82, 2.24) is 14.1 Å². The lowest BCUT2D eigenvalue weighted by atomic mass is 10.1. The largest absolute Gasteiger partial charge is 0.320 e. The van der Waals surface area contributed by atoms with Crippen molar-refractivity contribution >= 4 is 16.1 Å². The quantitative estimate of drug-likeness (QED) is 0.725. The lowest BCUT2D eigenvalue weighted by Gasteiger charge is -2.35. The number of hydrogen-bond acceptors (Lipinski definition) is 3. The summed E-state index contributed by atoms with van der Waals surface area (Å²) in [6.45, 7) is 2.08. The van der Waals surface area contributed by atoms with Gasteiger partial charge in [0, 0.05) is 38.8 Å². The van der Waals surface area contributed by atoms with E-state index in [1.165, 1.54) is 4.31 Å². The molecule has 0 aliphatic carbocycles. The molecule has 0 N–H and O–H groups in total. The van der Waals surface area contributed by atoms with Gasteiger partial charge in [0.15, 0.2) is 0 Å². The molecule has 2 saturated heterocycles. The third-order valence-corrected chi connectivity index (χ3v) is 7.63. The third kappa shape index (κ3) is 4.04. The molecule has 2 aromatic rings. The fourth-order valence-electron chi connectivity index (χ4n) is 4.10. The van der Waals surface area contributed by atoms with Crippen LogP contribution in [-0.2, 0) is 16.6 Å². The Balaban J connectivity index is 1.39. The maximum Gasteiger partial charge on any atom is 0.320 e. The van der Waals surface area contributed by atoms with E-state index in [0.29, 0.717) is 38.5 Å². The van der Waals surface area contributed by atoms with Crippen molar-refractivity contribution in [2.75, 3.05) is 26.2 Å². The molecule has 2 fully saturated rings. The van der Waals surface area contributed by atoms with Crippen LogP contribution >= 0.6 is 0 Å². The Morgan fingerprint density at radius 1 is 0.933 bits per heavy atom. The van der Waals surface area contributed by atoms with Crippen molar-refractivity contribution < 1.29 is 22.0 Å². The van der Waals surface area contributed by atoms with Crippen LogP contribution in [0.2, 0.25) is 0 Å². The zero-order chi connectivity index (χ0) is 21.3. The topological polar surface area (TPSA) is 60.9 Å². The molecule has 2 aliphatic heterocycles. The molecule has 2 heterocycles. The molecule has 0 saturated carbocycles. The van der Waals surface area contributed by atoms with Gasteiger partial charge in [0.2, 0.25) is 10.0 Å². The lowest BCUT2D eigenvalue weighted by Crippen LogP contribution is -2.48. The molecule has 2 aromatic carbocycles. The molecule has 160 valence electrons. The first-order chi connectivity index (χ1) is 14.4. The van der Waals surface area contributed by atoms with Gasteiger partial charge in [0.05, 0.1) is 0 Å². The fraction of sp³-hybridized carbons (Fsp3) is 0.381. The predicted octanol–water partition coefficient (Wildman–Crippen LogP) is 3.06. The highest BCUT2D eigenvalue weighted by Crippen LogP contribution is 2.27.